The highest BCUT2D eigenvalue weighted by atomic mass is 16.5. The molecule has 3 aromatic rings. The first-order valence-corrected chi connectivity index (χ1v) is 11.3. The predicted molar refractivity (Wildman–Crippen MR) is 122 cm³/mol. The minimum atomic E-state index is -2.03. The van der Waals surface area contributed by atoms with E-state index in [0.717, 1.165) is 11.1 Å². The van der Waals surface area contributed by atoms with Crippen LogP contribution >= 0.6 is 0 Å². The van der Waals surface area contributed by atoms with Crippen LogP contribution in [0.15, 0.2) is 78.9 Å². The third kappa shape index (κ3) is 2.66. The lowest BCUT2D eigenvalue weighted by molar-refractivity contribution is -0.145. The van der Waals surface area contributed by atoms with E-state index in [9.17, 15) is 19.2 Å². The topological polar surface area (TPSA) is 80.8 Å². The van der Waals surface area contributed by atoms with Crippen LogP contribution in [0.5, 0.6) is 0 Å². The number of aryl methyl sites for hydroxylation is 1. The molecule has 34 heavy (non-hydrogen) atoms. The number of hydrogen-bond donors (Lipinski definition) is 0. The number of likely N-dealkylation sites (tertiary alicyclic amines) is 1. The lowest BCUT2D eigenvalue weighted by atomic mass is 9.77. The van der Waals surface area contributed by atoms with Crippen molar-refractivity contribution in [2.24, 2.45) is 11.8 Å². The third-order valence-electron chi connectivity index (χ3n) is 7.16. The first kappa shape index (κ1) is 20.7. The predicted octanol–water partition coefficient (Wildman–Crippen LogP) is 3.69. The van der Waals surface area contributed by atoms with Crippen LogP contribution in [0.1, 0.15) is 43.5 Å². The van der Waals surface area contributed by atoms with Crippen LogP contribution in [0, 0.1) is 18.8 Å². The zero-order valence-electron chi connectivity index (χ0n) is 18.4. The average molecular weight is 451 g/mol. The number of imide groups is 1. The first-order chi connectivity index (χ1) is 16.4. The van der Waals surface area contributed by atoms with Crippen LogP contribution < -0.4 is 0 Å². The molecule has 2 fully saturated rings. The fraction of sp³-hybridized carbons (Fsp3) is 0.214. The van der Waals surface area contributed by atoms with Crippen molar-refractivity contribution < 1.29 is 23.9 Å². The van der Waals surface area contributed by atoms with Gasteiger partial charge in [0, 0.05) is 11.1 Å². The Morgan fingerprint density at radius 1 is 0.794 bits per heavy atom. The standard InChI is InChI=1S/C28H21NO5/c1-16-8-7-11-18(14-16)23-21-22(27(33)29(26(21)32)15-17-9-3-2-4-10-17)28(34-23)24(30)19-12-5-6-13-20(19)25(28)31/h2-14,21-23H,15H2,1H3/t21-,22+,23-/m0/s1. The molecule has 3 atom stereocenters. The molecule has 1 aliphatic carbocycles. The highest BCUT2D eigenvalue weighted by Crippen LogP contribution is 2.57. The maximum absolute atomic E-state index is 13.8. The number of amides is 2. The smallest absolute Gasteiger partial charge is 0.237 e. The van der Waals surface area contributed by atoms with Crippen molar-refractivity contribution in [3.63, 3.8) is 0 Å². The highest BCUT2D eigenvalue weighted by molar-refractivity contribution is 6.35. The van der Waals surface area contributed by atoms with E-state index in [-0.39, 0.29) is 17.7 Å². The quantitative estimate of drug-likeness (QED) is 0.448. The average Bonchev–Trinajstić information content (AvgIpc) is 3.41. The molecule has 0 aromatic heterocycles. The molecule has 6 rings (SSSR count). The third-order valence-corrected chi connectivity index (χ3v) is 7.16. The fourth-order valence-corrected chi connectivity index (χ4v) is 5.65. The summed E-state index contributed by atoms with van der Waals surface area (Å²) in [6.45, 7) is 1.99. The van der Waals surface area contributed by atoms with Gasteiger partial charge in [0.15, 0.2) is 0 Å². The molecule has 0 unspecified atom stereocenters. The van der Waals surface area contributed by atoms with Crippen LogP contribution in [0.4, 0.5) is 0 Å². The normalized spacial score (nSPS) is 24.7. The Labute approximate surface area is 196 Å². The van der Waals surface area contributed by atoms with E-state index in [1.54, 1.807) is 24.3 Å². The van der Waals surface area contributed by atoms with Gasteiger partial charge < -0.3 is 4.74 Å². The number of rotatable bonds is 3. The molecule has 0 bridgehead atoms. The van der Waals surface area contributed by atoms with Crippen LogP contribution in [0.2, 0.25) is 0 Å². The van der Waals surface area contributed by atoms with E-state index in [0.29, 0.717) is 5.56 Å². The van der Waals surface area contributed by atoms with Gasteiger partial charge in [-0.25, -0.2) is 0 Å². The molecular formula is C28H21NO5. The maximum atomic E-state index is 13.8. The van der Waals surface area contributed by atoms with E-state index in [2.05, 4.69) is 0 Å². The van der Waals surface area contributed by atoms with Crippen molar-refractivity contribution in [2.45, 2.75) is 25.2 Å². The summed E-state index contributed by atoms with van der Waals surface area (Å²) in [5, 5.41) is 0. The fourth-order valence-electron chi connectivity index (χ4n) is 5.65. The molecule has 168 valence electrons. The molecule has 6 heteroatoms. The number of carbonyl (C=O) groups excluding carboxylic acids is 4. The summed E-state index contributed by atoms with van der Waals surface area (Å²) in [7, 11) is 0. The monoisotopic (exact) mass is 451 g/mol. The molecule has 0 N–H and O–H groups in total. The van der Waals surface area contributed by atoms with Gasteiger partial charge in [-0.1, -0.05) is 84.4 Å². The second kappa shape index (κ2) is 7.30. The van der Waals surface area contributed by atoms with Crippen LogP contribution in [0.3, 0.4) is 0 Å². The van der Waals surface area contributed by atoms with E-state index < -0.39 is 46.9 Å². The number of nitrogens with zero attached hydrogens (tertiary/aromatic N) is 1. The molecule has 0 radical (unpaired) electrons. The molecular weight excluding hydrogens is 430 g/mol. The van der Waals surface area contributed by atoms with Gasteiger partial charge in [-0.3, -0.25) is 24.1 Å². The zero-order valence-corrected chi connectivity index (χ0v) is 18.4. The van der Waals surface area contributed by atoms with E-state index in [1.807, 2.05) is 61.5 Å². The second-order valence-electron chi connectivity index (χ2n) is 9.14. The molecule has 6 nitrogen and oxygen atoms in total. The largest absolute Gasteiger partial charge is 0.349 e. The summed E-state index contributed by atoms with van der Waals surface area (Å²) in [6, 6.07) is 23.1. The number of ether oxygens (including phenoxy) is 1. The van der Waals surface area contributed by atoms with Gasteiger partial charge in [0.05, 0.1) is 24.5 Å². The van der Waals surface area contributed by atoms with E-state index >= 15 is 0 Å². The molecule has 3 aliphatic rings. The number of benzene rings is 3. The summed E-state index contributed by atoms with van der Waals surface area (Å²) in [5.41, 5.74) is 0.852. The SMILES string of the molecule is Cc1cccc([C@@H]2OC3(C(=O)c4ccccc4C3=O)[C@H]3C(=O)N(Cc4ccccc4)C(=O)[C@H]23)c1. The lowest BCUT2D eigenvalue weighted by Crippen LogP contribution is -2.50. The van der Waals surface area contributed by atoms with E-state index in [4.69, 9.17) is 4.74 Å². The first-order valence-electron chi connectivity index (χ1n) is 11.3. The second-order valence-corrected chi connectivity index (χ2v) is 9.14. The van der Waals surface area contributed by atoms with Gasteiger partial charge >= 0.3 is 0 Å². The van der Waals surface area contributed by atoms with Crippen molar-refractivity contribution in [3.05, 3.63) is 107 Å². The summed E-state index contributed by atoms with van der Waals surface area (Å²) < 4.78 is 6.30. The number of carbonyl (C=O) groups is 4. The zero-order chi connectivity index (χ0) is 23.6. The van der Waals surface area contributed by atoms with Crippen LogP contribution in [-0.4, -0.2) is 33.9 Å². The van der Waals surface area contributed by atoms with Crippen molar-refractivity contribution in [1.82, 2.24) is 4.90 Å². The summed E-state index contributed by atoms with van der Waals surface area (Å²) in [4.78, 5) is 56.1. The minimum absolute atomic E-state index is 0.0808. The number of hydrogen-bond acceptors (Lipinski definition) is 5. The van der Waals surface area contributed by atoms with Crippen molar-refractivity contribution in [2.75, 3.05) is 0 Å². The summed E-state index contributed by atoms with van der Waals surface area (Å²) >= 11 is 0. The molecule has 2 heterocycles. The van der Waals surface area contributed by atoms with Crippen LogP contribution in [0.25, 0.3) is 0 Å². The molecule has 2 saturated heterocycles. The Balaban J connectivity index is 1.50. The Morgan fingerprint density at radius 2 is 1.44 bits per heavy atom. The van der Waals surface area contributed by atoms with Crippen molar-refractivity contribution >= 4 is 23.4 Å². The molecule has 3 aromatic carbocycles. The van der Waals surface area contributed by atoms with Crippen molar-refractivity contribution in [3.8, 4) is 0 Å². The van der Waals surface area contributed by atoms with Crippen LogP contribution in [-0.2, 0) is 20.9 Å². The summed E-state index contributed by atoms with van der Waals surface area (Å²) in [6.07, 6.45) is -0.885. The van der Waals surface area contributed by atoms with Gasteiger partial charge in [0.1, 0.15) is 0 Å². The molecule has 0 saturated carbocycles. The Bertz CT molecular complexity index is 1340. The number of fused-ring (bicyclic) bond motifs is 3. The lowest BCUT2D eigenvalue weighted by Gasteiger charge is -2.27. The maximum Gasteiger partial charge on any atom is 0.237 e. The Hall–Kier alpha value is -3.90. The summed E-state index contributed by atoms with van der Waals surface area (Å²) in [5.74, 6) is -4.20. The van der Waals surface area contributed by atoms with Gasteiger partial charge in [-0.2, -0.15) is 0 Å². The van der Waals surface area contributed by atoms with Crippen molar-refractivity contribution in [1.29, 1.82) is 0 Å². The number of Topliss-reactive ketones (excluding diaryl/α,β-unsaturated/α-hetero) is 2. The van der Waals surface area contributed by atoms with Gasteiger partial charge in [0.2, 0.25) is 29.0 Å². The number of ketones is 2. The molecule has 2 amide bonds. The van der Waals surface area contributed by atoms with E-state index in [1.165, 1.54) is 4.90 Å². The molecule has 2 aliphatic heterocycles. The Morgan fingerprint density at radius 3 is 2.09 bits per heavy atom. The van der Waals surface area contributed by atoms with Gasteiger partial charge in [0.25, 0.3) is 0 Å². The highest BCUT2D eigenvalue weighted by Gasteiger charge is 2.74. The van der Waals surface area contributed by atoms with Gasteiger partial charge in [-0.05, 0) is 18.1 Å². The minimum Gasteiger partial charge on any atom is -0.349 e. The Kier molecular flexibility index (Phi) is 4.44. The molecule has 1 spiro atoms. The van der Waals surface area contributed by atoms with Gasteiger partial charge in [-0.15, -0.1) is 0 Å².